The van der Waals surface area contributed by atoms with Gasteiger partial charge in [-0.15, -0.1) is 0 Å². The van der Waals surface area contributed by atoms with Crippen LogP contribution in [0, 0.1) is 0 Å². The van der Waals surface area contributed by atoms with Crippen molar-refractivity contribution in [2.24, 2.45) is 5.73 Å². The van der Waals surface area contributed by atoms with Crippen LogP contribution >= 0.6 is 0 Å². The number of nitrogens with two attached hydrogens (primary N) is 1. The summed E-state index contributed by atoms with van der Waals surface area (Å²) >= 11 is 0. The zero-order chi connectivity index (χ0) is 12.5. The van der Waals surface area contributed by atoms with E-state index in [-0.39, 0.29) is 17.7 Å². The third-order valence-corrected chi connectivity index (χ3v) is 2.56. The first-order chi connectivity index (χ1) is 8.27. The monoisotopic (exact) mass is 239 g/mol. The number of hydrogen-bond acceptors (Lipinski definition) is 4. The average molecular weight is 239 g/mol. The van der Waals surface area contributed by atoms with Gasteiger partial charge in [-0.2, -0.15) is 0 Å². The number of ether oxygens (including phenoxy) is 1. The Morgan fingerprint density at radius 1 is 1.29 bits per heavy atom. The van der Waals surface area contributed by atoms with Gasteiger partial charge >= 0.3 is 0 Å². The topological polar surface area (TPSA) is 65.5 Å². The van der Waals surface area contributed by atoms with Crippen molar-refractivity contribution in [3.63, 3.8) is 0 Å². The van der Waals surface area contributed by atoms with E-state index >= 15 is 0 Å². The van der Waals surface area contributed by atoms with Crippen LogP contribution in [-0.2, 0) is 6.54 Å². The van der Waals surface area contributed by atoms with Crippen molar-refractivity contribution < 1.29 is 9.15 Å². The van der Waals surface area contributed by atoms with Crippen LogP contribution in [0.5, 0.6) is 5.75 Å². The quantitative estimate of drug-likeness (QED) is 0.708. The molecule has 4 nitrogen and oxygen atoms in total. The normalized spacial score (nSPS) is 10.5. The van der Waals surface area contributed by atoms with Gasteiger partial charge < -0.3 is 14.9 Å². The lowest BCUT2D eigenvalue weighted by Crippen LogP contribution is -2.10. The second-order valence-electron chi connectivity index (χ2n) is 4.04. The third kappa shape index (κ3) is 5.04. The molecule has 1 aromatic rings. The van der Waals surface area contributed by atoms with E-state index in [1.165, 1.54) is 31.6 Å². The molecule has 0 aliphatic rings. The summed E-state index contributed by atoms with van der Waals surface area (Å²) in [5.41, 5.74) is 5.20. The molecule has 0 amide bonds. The summed E-state index contributed by atoms with van der Waals surface area (Å²) in [6.45, 7) is 2.98. The van der Waals surface area contributed by atoms with Crippen LogP contribution in [0.4, 0.5) is 0 Å². The molecule has 0 fully saturated rings. The highest BCUT2D eigenvalue weighted by molar-refractivity contribution is 5.17. The Morgan fingerprint density at radius 3 is 2.71 bits per heavy atom. The first-order valence-electron chi connectivity index (χ1n) is 6.22. The molecular formula is C13H21NO3. The van der Waals surface area contributed by atoms with Crippen LogP contribution in [0.3, 0.4) is 0 Å². The summed E-state index contributed by atoms with van der Waals surface area (Å²) in [7, 11) is 0. The highest BCUT2D eigenvalue weighted by Crippen LogP contribution is 2.07. The minimum absolute atomic E-state index is 0.162. The second kappa shape index (κ2) is 7.90. The van der Waals surface area contributed by atoms with Gasteiger partial charge in [0.15, 0.2) is 0 Å². The molecule has 0 saturated carbocycles. The van der Waals surface area contributed by atoms with Gasteiger partial charge in [-0.1, -0.05) is 32.6 Å². The number of unbranched alkanes of at least 4 members (excludes halogenated alkanes) is 4. The molecule has 17 heavy (non-hydrogen) atoms. The summed E-state index contributed by atoms with van der Waals surface area (Å²) in [6, 6.07) is 1.38. The fourth-order valence-electron chi connectivity index (χ4n) is 1.54. The highest BCUT2D eigenvalue weighted by Gasteiger charge is 2.03. The first kappa shape index (κ1) is 13.8. The molecule has 0 atom stereocenters. The maximum Gasteiger partial charge on any atom is 0.227 e. The van der Waals surface area contributed by atoms with Gasteiger partial charge in [0.2, 0.25) is 11.2 Å². The van der Waals surface area contributed by atoms with Crippen LogP contribution in [0.25, 0.3) is 0 Å². The van der Waals surface area contributed by atoms with Gasteiger partial charge in [0, 0.05) is 6.07 Å². The van der Waals surface area contributed by atoms with Crippen molar-refractivity contribution in [2.45, 2.75) is 45.6 Å². The molecular weight excluding hydrogens is 218 g/mol. The molecule has 4 heteroatoms. The first-order valence-corrected chi connectivity index (χ1v) is 6.22. The van der Waals surface area contributed by atoms with Crippen molar-refractivity contribution in [1.29, 1.82) is 0 Å². The summed E-state index contributed by atoms with van der Waals surface area (Å²) in [4.78, 5) is 11.5. The minimum atomic E-state index is -0.162. The van der Waals surface area contributed by atoms with Crippen molar-refractivity contribution >= 4 is 0 Å². The Morgan fingerprint density at radius 2 is 2.06 bits per heavy atom. The van der Waals surface area contributed by atoms with Gasteiger partial charge in [0.1, 0.15) is 12.0 Å². The molecule has 0 spiro atoms. The molecule has 0 aromatic carbocycles. The minimum Gasteiger partial charge on any atom is -0.487 e. The summed E-state index contributed by atoms with van der Waals surface area (Å²) in [6.07, 6.45) is 7.16. The van der Waals surface area contributed by atoms with Crippen LogP contribution < -0.4 is 15.9 Å². The maximum absolute atomic E-state index is 11.5. The lowest BCUT2D eigenvalue weighted by Gasteiger charge is -2.05. The Balaban J connectivity index is 2.29. The van der Waals surface area contributed by atoms with Gasteiger partial charge in [0.25, 0.3) is 0 Å². The number of rotatable bonds is 8. The molecule has 1 heterocycles. The van der Waals surface area contributed by atoms with Gasteiger partial charge in [-0.05, 0) is 6.42 Å². The van der Waals surface area contributed by atoms with Crippen LogP contribution in [0.1, 0.15) is 44.8 Å². The Labute approximate surface area is 102 Å². The molecule has 96 valence electrons. The summed E-state index contributed by atoms with van der Waals surface area (Å²) in [5, 5.41) is 0. The molecule has 1 aromatic heterocycles. The van der Waals surface area contributed by atoms with Gasteiger partial charge in [-0.25, -0.2) is 0 Å². The zero-order valence-electron chi connectivity index (χ0n) is 10.4. The molecule has 0 aliphatic carbocycles. The predicted molar refractivity (Wildman–Crippen MR) is 67.1 cm³/mol. The van der Waals surface area contributed by atoms with Crippen LogP contribution in [0.2, 0.25) is 0 Å². The fourth-order valence-corrected chi connectivity index (χ4v) is 1.54. The Bertz CT molecular complexity index is 373. The molecule has 2 N–H and O–H groups in total. The smallest absolute Gasteiger partial charge is 0.227 e. The zero-order valence-corrected chi connectivity index (χ0v) is 10.4. The van der Waals surface area contributed by atoms with E-state index in [9.17, 15) is 4.79 Å². The van der Waals surface area contributed by atoms with E-state index in [4.69, 9.17) is 14.9 Å². The molecule has 0 saturated heterocycles. The largest absolute Gasteiger partial charge is 0.487 e. The van der Waals surface area contributed by atoms with Crippen molar-refractivity contribution in [1.82, 2.24) is 0 Å². The van der Waals surface area contributed by atoms with Crippen molar-refractivity contribution in [2.75, 3.05) is 6.61 Å². The third-order valence-electron chi connectivity index (χ3n) is 2.56. The van der Waals surface area contributed by atoms with E-state index in [0.717, 1.165) is 12.8 Å². The predicted octanol–water partition coefficient (Wildman–Crippen LogP) is 2.45. The van der Waals surface area contributed by atoms with Crippen LogP contribution in [0.15, 0.2) is 21.5 Å². The summed E-state index contributed by atoms with van der Waals surface area (Å²) in [5.74, 6) is 0.753. The molecule has 0 unspecified atom stereocenters. The maximum atomic E-state index is 11.5. The SMILES string of the molecule is CCCCCCCOc1coc(CN)cc1=O. The van der Waals surface area contributed by atoms with Crippen LogP contribution in [-0.4, -0.2) is 6.61 Å². The molecule has 0 bridgehead atoms. The standard InChI is InChI=1S/C13H21NO3/c1-2-3-4-5-6-7-16-13-10-17-11(9-14)8-12(13)15/h8,10H,2-7,9,14H2,1H3. The van der Waals surface area contributed by atoms with Gasteiger partial charge in [0.05, 0.1) is 13.2 Å². The van der Waals surface area contributed by atoms with Crippen molar-refractivity contribution in [3.05, 3.63) is 28.3 Å². The fraction of sp³-hybridized carbons (Fsp3) is 0.615. The highest BCUT2D eigenvalue weighted by atomic mass is 16.5. The Kier molecular flexibility index (Phi) is 6.40. The van der Waals surface area contributed by atoms with E-state index in [1.54, 1.807) is 0 Å². The lowest BCUT2D eigenvalue weighted by atomic mass is 10.2. The van der Waals surface area contributed by atoms with E-state index < -0.39 is 0 Å². The van der Waals surface area contributed by atoms with E-state index in [2.05, 4.69) is 6.92 Å². The Hall–Kier alpha value is -1.29. The molecule has 1 rings (SSSR count). The number of hydrogen-bond donors (Lipinski definition) is 1. The van der Waals surface area contributed by atoms with E-state index in [0.29, 0.717) is 12.4 Å². The summed E-state index contributed by atoms with van der Waals surface area (Å²) < 4.78 is 10.5. The van der Waals surface area contributed by atoms with E-state index in [1.807, 2.05) is 0 Å². The molecule has 0 radical (unpaired) electrons. The second-order valence-corrected chi connectivity index (χ2v) is 4.04. The van der Waals surface area contributed by atoms with Gasteiger partial charge in [-0.3, -0.25) is 4.79 Å². The molecule has 0 aliphatic heterocycles. The van der Waals surface area contributed by atoms with Crippen molar-refractivity contribution in [3.8, 4) is 5.75 Å². The lowest BCUT2D eigenvalue weighted by molar-refractivity contribution is 0.289. The average Bonchev–Trinajstić information content (AvgIpc) is 2.35.